The van der Waals surface area contributed by atoms with Crippen molar-refractivity contribution in [2.75, 3.05) is 13.1 Å². The zero-order valence-electron chi connectivity index (χ0n) is 11.8. The van der Waals surface area contributed by atoms with Crippen molar-refractivity contribution in [3.05, 3.63) is 27.1 Å². The van der Waals surface area contributed by atoms with Gasteiger partial charge in [0, 0.05) is 18.0 Å². The SMILES string of the molecule is CCCCNCCn1cnc2sc(C)c(C)c2c1=O. The van der Waals surface area contributed by atoms with Gasteiger partial charge >= 0.3 is 0 Å². The van der Waals surface area contributed by atoms with Gasteiger partial charge in [0.05, 0.1) is 11.7 Å². The second-order valence-corrected chi connectivity index (χ2v) is 6.01. The van der Waals surface area contributed by atoms with E-state index < -0.39 is 0 Å². The summed E-state index contributed by atoms with van der Waals surface area (Å²) < 4.78 is 1.71. The Balaban J connectivity index is 2.14. The average Bonchev–Trinajstić information content (AvgIpc) is 2.68. The molecule has 0 bridgehead atoms. The first-order chi connectivity index (χ1) is 9.15. The number of rotatable bonds is 6. The van der Waals surface area contributed by atoms with Crippen molar-refractivity contribution < 1.29 is 0 Å². The van der Waals surface area contributed by atoms with Gasteiger partial charge in [-0.3, -0.25) is 9.36 Å². The van der Waals surface area contributed by atoms with E-state index in [4.69, 9.17) is 0 Å². The lowest BCUT2D eigenvalue weighted by atomic mass is 10.2. The summed E-state index contributed by atoms with van der Waals surface area (Å²) in [6.45, 7) is 8.72. The summed E-state index contributed by atoms with van der Waals surface area (Å²) in [5.41, 5.74) is 1.16. The third kappa shape index (κ3) is 3.04. The number of unbranched alkanes of at least 4 members (excludes halogenated alkanes) is 1. The minimum absolute atomic E-state index is 0.0872. The molecule has 0 radical (unpaired) electrons. The molecule has 0 aliphatic carbocycles. The van der Waals surface area contributed by atoms with E-state index >= 15 is 0 Å². The predicted octanol–water partition coefficient (Wildman–Crippen LogP) is 2.46. The molecule has 0 amide bonds. The summed E-state index contributed by atoms with van der Waals surface area (Å²) in [7, 11) is 0. The van der Waals surface area contributed by atoms with Crippen LogP contribution in [0.3, 0.4) is 0 Å². The normalized spacial score (nSPS) is 11.3. The number of hydrogen-bond acceptors (Lipinski definition) is 4. The molecule has 0 saturated heterocycles. The molecule has 0 unspecified atom stereocenters. The van der Waals surface area contributed by atoms with Crippen molar-refractivity contribution in [2.24, 2.45) is 0 Å². The Kier molecular flexibility index (Phi) is 4.71. The van der Waals surface area contributed by atoms with Crippen molar-refractivity contribution in [1.29, 1.82) is 0 Å². The monoisotopic (exact) mass is 279 g/mol. The molecule has 0 saturated carbocycles. The molecule has 0 aliphatic heterocycles. The van der Waals surface area contributed by atoms with Gasteiger partial charge in [-0.2, -0.15) is 0 Å². The molecule has 1 N–H and O–H groups in total. The first-order valence-corrected chi connectivity index (χ1v) is 7.62. The molecule has 4 nitrogen and oxygen atoms in total. The van der Waals surface area contributed by atoms with E-state index in [1.807, 2.05) is 13.8 Å². The minimum Gasteiger partial charge on any atom is -0.315 e. The maximum Gasteiger partial charge on any atom is 0.262 e. The molecule has 0 aliphatic rings. The zero-order chi connectivity index (χ0) is 13.8. The fourth-order valence-electron chi connectivity index (χ4n) is 2.06. The minimum atomic E-state index is 0.0872. The topological polar surface area (TPSA) is 46.9 Å². The zero-order valence-corrected chi connectivity index (χ0v) is 12.6. The summed E-state index contributed by atoms with van der Waals surface area (Å²) in [5, 5.41) is 4.14. The highest BCUT2D eigenvalue weighted by atomic mass is 32.1. The van der Waals surface area contributed by atoms with Crippen molar-refractivity contribution in [1.82, 2.24) is 14.9 Å². The second-order valence-electron chi connectivity index (χ2n) is 4.81. The molecule has 2 heterocycles. The fraction of sp³-hybridized carbons (Fsp3) is 0.571. The summed E-state index contributed by atoms with van der Waals surface area (Å²) in [6.07, 6.45) is 4.03. The predicted molar refractivity (Wildman–Crippen MR) is 81.1 cm³/mol. The smallest absolute Gasteiger partial charge is 0.262 e. The van der Waals surface area contributed by atoms with Gasteiger partial charge in [-0.15, -0.1) is 11.3 Å². The third-order valence-electron chi connectivity index (χ3n) is 3.39. The maximum atomic E-state index is 12.4. The van der Waals surface area contributed by atoms with E-state index in [1.165, 1.54) is 17.7 Å². The number of nitrogens with zero attached hydrogens (tertiary/aromatic N) is 2. The lowest BCUT2D eigenvalue weighted by molar-refractivity contribution is 0.568. The van der Waals surface area contributed by atoms with Crippen LogP contribution in [0, 0.1) is 13.8 Å². The Morgan fingerprint density at radius 2 is 2.16 bits per heavy atom. The molecule has 2 aromatic rings. The lowest BCUT2D eigenvalue weighted by Gasteiger charge is -2.06. The summed E-state index contributed by atoms with van der Waals surface area (Å²) in [5.74, 6) is 0. The van der Waals surface area contributed by atoms with Gasteiger partial charge in [-0.05, 0) is 32.4 Å². The van der Waals surface area contributed by atoms with Crippen molar-refractivity contribution >= 4 is 21.6 Å². The van der Waals surface area contributed by atoms with Crippen LogP contribution in [0.5, 0.6) is 0 Å². The molecule has 0 spiro atoms. The standard InChI is InChI=1S/C14H21N3OS/c1-4-5-6-15-7-8-17-9-16-13-12(14(17)18)10(2)11(3)19-13/h9,15H,4-8H2,1-3H3. The Morgan fingerprint density at radius 3 is 2.89 bits per heavy atom. The molecule has 2 aromatic heterocycles. The highest BCUT2D eigenvalue weighted by Crippen LogP contribution is 2.25. The van der Waals surface area contributed by atoms with Crippen LogP contribution in [-0.4, -0.2) is 22.6 Å². The largest absolute Gasteiger partial charge is 0.315 e. The molecule has 0 atom stereocenters. The molecule has 104 valence electrons. The third-order valence-corrected chi connectivity index (χ3v) is 4.51. The summed E-state index contributed by atoms with van der Waals surface area (Å²) in [4.78, 5) is 18.8. The molecule has 0 fully saturated rings. The van der Waals surface area contributed by atoms with Crippen molar-refractivity contribution in [2.45, 2.75) is 40.2 Å². The average molecular weight is 279 g/mol. The number of fused-ring (bicyclic) bond motifs is 1. The van der Waals surface area contributed by atoms with Gasteiger partial charge in [0.2, 0.25) is 0 Å². The number of thiophene rings is 1. The Labute approximate surface area is 117 Å². The highest BCUT2D eigenvalue weighted by Gasteiger charge is 2.11. The quantitative estimate of drug-likeness (QED) is 0.826. The fourth-order valence-corrected chi connectivity index (χ4v) is 3.04. The maximum absolute atomic E-state index is 12.4. The number of aryl methyl sites for hydroxylation is 2. The van der Waals surface area contributed by atoms with Crippen LogP contribution in [0.2, 0.25) is 0 Å². The number of aromatic nitrogens is 2. The van der Waals surface area contributed by atoms with Crippen LogP contribution in [0.4, 0.5) is 0 Å². The molecule has 19 heavy (non-hydrogen) atoms. The van der Waals surface area contributed by atoms with Gasteiger partial charge in [-0.25, -0.2) is 4.98 Å². The first-order valence-electron chi connectivity index (χ1n) is 6.81. The number of nitrogens with one attached hydrogen (secondary N) is 1. The van der Waals surface area contributed by atoms with E-state index in [0.717, 1.165) is 28.9 Å². The van der Waals surface area contributed by atoms with Gasteiger partial charge in [0.1, 0.15) is 4.83 Å². The van der Waals surface area contributed by atoms with Gasteiger partial charge in [0.15, 0.2) is 0 Å². The summed E-state index contributed by atoms with van der Waals surface area (Å²) >= 11 is 1.60. The van der Waals surface area contributed by atoms with E-state index in [0.29, 0.717) is 6.54 Å². The van der Waals surface area contributed by atoms with Gasteiger partial charge in [-0.1, -0.05) is 13.3 Å². The van der Waals surface area contributed by atoms with Crippen LogP contribution in [0.15, 0.2) is 11.1 Å². The van der Waals surface area contributed by atoms with E-state index in [9.17, 15) is 4.79 Å². The molecular formula is C14H21N3OS. The molecule has 0 aromatic carbocycles. The van der Waals surface area contributed by atoms with Crippen LogP contribution in [0.1, 0.15) is 30.2 Å². The lowest BCUT2D eigenvalue weighted by Crippen LogP contribution is -2.27. The van der Waals surface area contributed by atoms with Gasteiger partial charge in [0.25, 0.3) is 5.56 Å². The van der Waals surface area contributed by atoms with Crippen LogP contribution in [0.25, 0.3) is 10.2 Å². The summed E-state index contributed by atoms with van der Waals surface area (Å²) in [6, 6.07) is 0. The second kappa shape index (κ2) is 6.30. The first kappa shape index (κ1) is 14.2. The Hall–Kier alpha value is -1.20. The van der Waals surface area contributed by atoms with Crippen LogP contribution >= 0.6 is 11.3 Å². The molecule has 2 rings (SSSR count). The molecular weight excluding hydrogens is 258 g/mol. The van der Waals surface area contributed by atoms with Crippen molar-refractivity contribution in [3.63, 3.8) is 0 Å². The van der Waals surface area contributed by atoms with Crippen LogP contribution < -0.4 is 10.9 Å². The Bertz CT molecular complexity index is 615. The van der Waals surface area contributed by atoms with E-state index in [-0.39, 0.29) is 5.56 Å². The Morgan fingerprint density at radius 1 is 1.37 bits per heavy atom. The van der Waals surface area contributed by atoms with Crippen molar-refractivity contribution in [3.8, 4) is 0 Å². The van der Waals surface area contributed by atoms with E-state index in [1.54, 1.807) is 22.2 Å². The molecule has 5 heteroatoms. The number of hydrogen-bond donors (Lipinski definition) is 1. The van der Waals surface area contributed by atoms with Crippen LogP contribution in [-0.2, 0) is 6.54 Å². The van der Waals surface area contributed by atoms with Gasteiger partial charge < -0.3 is 5.32 Å². The van der Waals surface area contributed by atoms with E-state index in [2.05, 4.69) is 17.2 Å². The highest BCUT2D eigenvalue weighted by molar-refractivity contribution is 7.18.